The van der Waals surface area contributed by atoms with Crippen LogP contribution in [0.1, 0.15) is 66.5 Å². The molecule has 1 aromatic rings. The van der Waals surface area contributed by atoms with Gasteiger partial charge in [-0.3, -0.25) is 19.8 Å². The molecule has 0 aromatic carbocycles. The van der Waals surface area contributed by atoms with Gasteiger partial charge in [0.15, 0.2) is 0 Å². The number of likely N-dealkylation sites (tertiary alicyclic amines) is 1. The Morgan fingerprint density at radius 3 is 2.36 bits per heavy atom. The van der Waals surface area contributed by atoms with Crippen LogP contribution in [0.15, 0.2) is 12.3 Å². The molecule has 0 bridgehead atoms. The molecule has 3 aliphatic rings. The number of aromatic nitrogens is 2. The normalized spacial score (nSPS) is 25.7. The fourth-order valence-corrected chi connectivity index (χ4v) is 4.36. The monoisotopic (exact) mass is 392 g/mol. The SMILES string of the molecule is CC.CC(C)N1CCCC2(CNCN2)C1.CC(C)N1CCCn2nccc2C1. The maximum Gasteiger partial charge on any atom is 0.0524 e. The van der Waals surface area contributed by atoms with Crippen LogP contribution in [0.25, 0.3) is 0 Å². The quantitative estimate of drug-likeness (QED) is 0.810. The highest BCUT2D eigenvalue weighted by atomic mass is 15.3. The topological polar surface area (TPSA) is 48.4 Å². The van der Waals surface area contributed by atoms with E-state index >= 15 is 0 Å². The second-order valence-electron chi connectivity index (χ2n) is 8.69. The van der Waals surface area contributed by atoms with Crippen LogP contribution in [0.5, 0.6) is 0 Å². The second kappa shape index (κ2) is 11.3. The van der Waals surface area contributed by atoms with Gasteiger partial charge >= 0.3 is 0 Å². The zero-order valence-corrected chi connectivity index (χ0v) is 19.2. The van der Waals surface area contributed by atoms with Gasteiger partial charge in [0.25, 0.3) is 0 Å². The molecule has 162 valence electrons. The number of nitrogens with one attached hydrogen (secondary N) is 2. The molecule has 1 unspecified atom stereocenters. The summed E-state index contributed by atoms with van der Waals surface area (Å²) in [5.41, 5.74) is 1.74. The highest BCUT2D eigenvalue weighted by Gasteiger charge is 2.37. The molecule has 6 heteroatoms. The van der Waals surface area contributed by atoms with E-state index in [4.69, 9.17) is 0 Å². The summed E-state index contributed by atoms with van der Waals surface area (Å²) in [6.07, 6.45) is 5.79. The lowest BCUT2D eigenvalue weighted by atomic mass is 9.89. The number of fused-ring (bicyclic) bond motifs is 1. The minimum Gasteiger partial charge on any atom is -0.303 e. The van der Waals surface area contributed by atoms with Gasteiger partial charge in [-0.05, 0) is 59.6 Å². The molecule has 28 heavy (non-hydrogen) atoms. The van der Waals surface area contributed by atoms with Gasteiger partial charge in [0, 0.05) is 63.2 Å². The Morgan fingerprint density at radius 2 is 1.71 bits per heavy atom. The van der Waals surface area contributed by atoms with E-state index in [-0.39, 0.29) is 0 Å². The van der Waals surface area contributed by atoms with Crippen LogP contribution in [0.2, 0.25) is 0 Å². The predicted octanol–water partition coefficient (Wildman–Crippen LogP) is 2.90. The summed E-state index contributed by atoms with van der Waals surface area (Å²) in [6.45, 7) is 21.1. The summed E-state index contributed by atoms with van der Waals surface area (Å²) in [5, 5.41) is 11.3. The van der Waals surface area contributed by atoms with Crippen LogP contribution >= 0.6 is 0 Å². The molecule has 0 radical (unpaired) electrons. The highest BCUT2D eigenvalue weighted by molar-refractivity contribution is 5.02. The van der Waals surface area contributed by atoms with Gasteiger partial charge in [0.2, 0.25) is 0 Å². The zero-order valence-electron chi connectivity index (χ0n) is 19.2. The van der Waals surface area contributed by atoms with Crippen molar-refractivity contribution in [3.63, 3.8) is 0 Å². The van der Waals surface area contributed by atoms with Gasteiger partial charge in [-0.1, -0.05) is 13.8 Å². The van der Waals surface area contributed by atoms with Gasteiger partial charge < -0.3 is 5.32 Å². The van der Waals surface area contributed by atoms with Crippen LogP contribution < -0.4 is 10.6 Å². The van der Waals surface area contributed by atoms with Gasteiger partial charge in [0.05, 0.1) is 5.69 Å². The number of hydrogen-bond donors (Lipinski definition) is 2. The summed E-state index contributed by atoms with van der Waals surface area (Å²) in [7, 11) is 0. The van der Waals surface area contributed by atoms with E-state index in [0.29, 0.717) is 17.6 Å². The molecule has 2 N–H and O–H groups in total. The number of rotatable bonds is 2. The first kappa shape index (κ1) is 23.3. The van der Waals surface area contributed by atoms with Crippen molar-refractivity contribution >= 4 is 0 Å². The summed E-state index contributed by atoms with van der Waals surface area (Å²) < 4.78 is 2.13. The second-order valence-corrected chi connectivity index (χ2v) is 8.69. The lowest BCUT2D eigenvalue weighted by Gasteiger charge is -2.42. The molecular formula is C22H44N6. The summed E-state index contributed by atoms with van der Waals surface area (Å²) >= 11 is 0. The Balaban J connectivity index is 0.000000184. The summed E-state index contributed by atoms with van der Waals surface area (Å²) in [4.78, 5) is 5.09. The van der Waals surface area contributed by atoms with Crippen molar-refractivity contribution < 1.29 is 0 Å². The van der Waals surface area contributed by atoms with Crippen molar-refractivity contribution in [2.75, 3.05) is 32.8 Å². The third-order valence-electron chi connectivity index (χ3n) is 6.10. The standard InChI is InChI=1S/C10H17N3.C10H21N3.C2H6/c1-9(2)12-6-3-7-13-10(8-12)4-5-11-13;1-9(2)13-5-3-4-10(7-13)6-11-8-12-10;1-2/h4-5,9H,3,6-8H2,1-2H3;9,11-12H,3-8H2,1-2H3;1-2H3. The van der Waals surface area contributed by atoms with Gasteiger partial charge in [0.1, 0.15) is 0 Å². The summed E-state index contributed by atoms with van der Waals surface area (Å²) in [5.74, 6) is 0. The Kier molecular flexibility index (Phi) is 9.41. The van der Waals surface area contributed by atoms with Crippen molar-refractivity contribution in [3.8, 4) is 0 Å². The first-order chi connectivity index (χ1) is 13.5. The maximum absolute atomic E-state index is 4.30. The van der Waals surface area contributed by atoms with E-state index in [1.807, 2.05) is 20.0 Å². The lowest BCUT2D eigenvalue weighted by molar-refractivity contribution is 0.114. The van der Waals surface area contributed by atoms with Crippen molar-refractivity contribution in [1.82, 2.24) is 30.2 Å². The predicted molar refractivity (Wildman–Crippen MR) is 118 cm³/mol. The molecule has 4 rings (SSSR count). The Hall–Kier alpha value is -0.950. The van der Waals surface area contributed by atoms with Crippen LogP contribution in [-0.4, -0.2) is 70.1 Å². The van der Waals surface area contributed by atoms with Crippen molar-refractivity contribution in [3.05, 3.63) is 18.0 Å². The minimum absolute atomic E-state index is 0.391. The Labute approximate surface area is 173 Å². The first-order valence-corrected chi connectivity index (χ1v) is 11.4. The van der Waals surface area contributed by atoms with Crippen LogP contribution in [0.3, 0.4) is 0 Å². The van der Waals surface area contributed by atoms with Gasteiger partial charge in [-0.2, -0.15) is 5.10 Å². The number of nitrogens with zero attached hydrogens (tertiary/aromatic N) is 4. The fraction of sp³-hybridized carbons (Fsp3) is 0.864. The molecule has 1 aromatic heterocycles. The van der Waals surface area contributed by atoms with Crippen LogP contribution in [0.4, 0.5) is 0 Å². The van der Waals surface area contributed by atoms with Crippen LogP contribution in [0, 0.1) is 0 Å². The Morgan fingerprint density at radius 1 is 1.00 bits per heavy atom. The van der Waals surface area contributed by atoms with Gasteiger partial charge in [-0.15, -0.1) is 0 Å². The molecule has 4 heterocycles. The van der Waals surface area contributed by atoms with Crippen LogP contribution in [-0.2, 0) is 13.1 Å². The van der Waals surface area contributed by atoms with Crippen molar-refractivity contribution in [1.29, 1.82) is 0 Å². The molecule has 0 saturated carbocycles. The van der Waals surface area contributed by atoms with Crippen molar-refractivity contribution in [2.24, 2.45) is 0 Å². The molecule has 1 spiro atoms. The number of aryl methyl sites for hydroxylation is 1. The maximum atomic E-state index is 4.30. The molecular weight excluding hydrogens is 348 g/mol. The van der Waals surface area contributed by atoms with E-state index in [1.165, 1.54) is 44.6 Å². The number of piperidine rings is 1. The largest absolute Gasteiger partial charge is 0.303 e. The fourth-order valence-electron chi connectivity index (χ4n) is 4.36. The lowest BCUT2D eigenvalue weighted by Crippen LogP contribution is -2.57. The first-order valence-electron chi connectivity index (χ1n) is 11.4. The smallest absolute Gasteiger partial charge is 0.0524 e. The zero-order chi connectivity index (χ0) is 20.6. The minimum atomic E-state index is 0.391. The third kappa shape index (κ3) is 6.28. The molecule has 0 aliphatic carbocycles. The Bertz CT molecular complexity index is 547. The van der Waals surface area contributed by atoms with E-state index < -0.39 is 0 Å². The molecule has 0 amide bonds. The highest BCUT2D eigenvalue weighted by Crippen LogP contribution is 2.23. The number of hydrogen-bond acceptors (Lipinski definition) is 5. The molecule has 2 fully saturated rings. The molecule has 3 aliphatic heterocycles. The average molecular weight is 393 g/mol. The molecule has 2 saturated heterocycles. The van der Waals surface area contributed by atoms with E-state index in [2.05, 4.69) is 64.0 Å². The van der Waals surface area contributed by atoms with Gasteiger partial charge in [-0.25, -0.2) is 0 Å². The average Bonchev–Trinajstić information content (AvgIpc) is 3.28. The molecule has 1 atom stereocenters. The van der Waals surface area contributed by atoms with E-state index in [9.17, 15) is 0 Å². The van der Waals surface area contributed by atoms with E-state index in [0.717, 1.165) is 26.3 Å². The molecule has 6 nitrogen and oxygen atoms in total. The summed E-state index contributed by atoms with van der Waals surface area (Å²) in [6, 6.07) is 3.46. The third-order valence-corrected chi connectivity index (χ3v) is 6.10. The van der Waals surface area contributed by atoms with Crippen molar-refractivity contribution in [2.45, 2.75) is 91.5 Å². The van der Waals surface area contributed by atoms with E-state index in [1.54, 1.807) is 0 Å².